The molecule has 3 aromatic rings. The van der Waals surface area contributed by atoms with E-state index >= 15 is 0 Å². The number of halogens is 2. The number of nitrogens with zero attached hydrogens (tertiary/aromatic N) is 5. The molecule has 5 rings (SSSR count). The van der Waals surface area contributed by atoms with Crippen molar-refractivity contribution in [1.29, 1.82) is 0 Å². The van der Waals surface area contributed by atoms with Crippen LogP contribution in [-0.2, 0) is 0 Å². The van der Waals surface area contributed by atoms with Crippen LogP contribution in [0.4, 0.5) is 26.1 Å². The van der Waals surface area contributed by atoms with Crippen LogP contribution in [0, 0.1) is 18.6 Å². The maximum Gasteiger partial charge on any atom is 0.246 e. The summed E-state index contributed by atoms with van der Waals surface area (Å²) in [5.41, 5.74) is 3.52. The highest BCUT2D eigenvalue weighted by atomic mass is 19.1. The average Bonchev–Trinajstić information content (AvgIpc) is 3.48. The van der Waals surface area contributed by atoms with Gasteiger partial charge in [-0.15, -0.1) is 5.10 Å². The predicted molar refractivity (Wildman–Crippen MR) is 117 cm³/mol. The van der Waals surface area contributed by atoms with Crippen molar-refractivity contribution in [2.45, 2.75) is 32.2 Å². The van der Waals surface area contributed by atoms with Crippen molar-refractivity contribution in [3.05, 3.63) is 59.9 Å². The van der Waals surface area contributed by atoms with Gasteiger partial charge in [-0.1, -0.05) is 0 Å². The molecule has 2 saturated heterocycles. The Morgan fingerprint density at radius 2 is 1.71 bits per heavy atom. The number of benzene rings is 2. The molecule has 0 spiro atoms. The van der Waals surface area contributed by atoms with E-state index in [1.165, 1.54) is 61.2 Å². The van der Waals surface area contributed by atoms with Gasteiger partial charge in [0.25, 0.3) is 0 Å². The van der Waals surface area contributed by atoms with Gasteiger partial charge in [0.05, 0.1) is 5.69 Å². The van der Waals surface area contributed by atoms with Crippen molar-refractivity contribution in [2.75, 3.05) is 36.4 Å². The third kappa shape index (κ3) is 4.39. The Labute approximate surface area is 180 Å². The molecular formula is C23H26F2N6. The van der Waals surface area contributed by atoms with Crippen LogP contribution in [0.3, 0.4) is 0 Å². The molecule has 0 amide bonds. The molecule has 2 aliphatic rings. The molecule has 2 aromatic carbocycles. The number of nitrogens with one attached hydrogen (secondary N) is 1. The van der Waals surface area contributed by atoms with Crippen molar-refractivity contribution in [3.63, 3.8) is 0 Å². The highest BCUT2D eigenvalue weighted by molar-refractivity contribution is 5.64. The zero-order valence-corrected chi connectivity index (χ0v) is 17.6. The summed E-state index contributed by atoms with van der Waals surface area (Å²) in [6.07, 6.45) is 5.27. The van der Waals surface area contributed by atoms with Gasteiger partial charge in [0, 0.05) is 36.6 Å². The third-order valence-electron chi connectivity index (χ3n) is 6.11. The minimum absolute atomic E-state index is 0.285. The first-order chi connectivity index (χ1) is 15.0. The lowest BCUT2D eigenvalue weighted by Crippen LogP contribution is -2.35. The summed E-state index contributed by atoms with van der Waals surface area (Å²) in [6, 6.07) is 10.3. The first-order valence-corrected chi connectivity index (χ1v) is 10.8. The van der Waals surface area contributed by atoms with E-state index in [0.717, 1.165) is 30.4 Å². The second-order valence-corrected chi connectivity index (χ2v) is 8.45. The van der Waals surface area contributed by atoms with E-state index < -0.39 is 11.6 Å². The minimum atomic E-state index is -0.652. The Hall–Kier alpha value is -3.00. The van der Waals surface area contributed by atoms with Gasteiger partial charge in [0.1, 0.15) is 18.0 Å². The number of likely N-dealkylation sites (tertiary alicyclic amines) is 1. The molecule has 3 heterocycles. The summed E-state index contributed by atoms with van der Waals surface area (Å²) in [5.74, 6) is -0.931. The van der Waals surface area contributed by atoms with E-state index in [0.29, 0.717) is 12.0 Å². The Balaban J connectivity index is 1.31. The maximum absolute atomic E-state index is 13.5. The number of hydrogen-bond donors (Lipinski definition) is 1. The van der Waals surface area contributed by atoms with Gasteiger partial charge < -0.3 is 10.2 Å². The van der Waals surface area contributed by atoms with Gasteiger partial charge in [-0.3, -0.25) is 4.90 Å². The van der Waals surface area contributed by atoms with E-state index in [2.05, 4.69) is 44.3 Å². The molecular weight excluding hydrogens is 398 g/mol. The van der Waals surface area contributed by atoms with Crippen molar-refractivity contribution in [1.82, 2.24) is 19.7 Å². The van der Waals surface area contributed by atoms with Crippen molar-refractivity contribution >= 4 is 17.3 Å². The molecule has 2 aliphatic heterocycles. The lowest BCUT2D eigenvalue weighted by Gasteiger charge is -2.25. The number of rotatable bonds is 5. The Morgan fingerprint density at radius 3 is 2.48 bits per heavy atom. The average molecular weight is 424 g/mol. The molecule has 1 aromatic heterocycles. The molecule has 0 saturated carbocycles. The van der Waals surface area contributed by atoms with Gasteiger partial charge in [-0.2, -0.15) is 4.98 Å². The number of hydrogen-bond acceptors (Lipinski definition) is 5. The largest absolute Gasteiger partial charge is 0.370 e. The minimum Gasteiger partial charge on any atom is -0.370 e. The molecule has 0 aliphatic carbocycles. The topological polar surface area (TPSA) is 49.2 Å². The molecule has 1 N–H and O–H groups in total. The Kier molecular flexibility index (Phi) is 5.31. The lowest BCUT2D eigenvalue weighted by molar-refractivity contribution is 0.260. The van der Waals surface area contributed by atoms with E-state index in [1.807, 2.05) is 6.07 Å². The first kappa shape index (κ1) is 19.9. The fraction of sp³-hybridized carbons (Fsp3) is 0.391. The van der Waals surface area contributed by atoms with Crippen molar-refractivity contribution in [3.8, 4) is 5.69 Å². The summed E-state index contributed by atoms with van der Waals surface area (Å²) in [7, 11) is 0. The van der Waals surface area contributed by atoms with Crippen LogP contribution < -0.4 is 10.2 Å². The molecule has 1 atom stereocenters. The highest BCUT2D eigenvalue weighted by Crippen LogP contribution is 2.29. The zero-order chi connectivity index (χ0) is 21.4. The van der Waals surface area contributed by atoms with E-state index in [1.54, 1.807) is 0 Å². The number of aryl methyl sites for hydroxylation is 1. The lowest BCUT2D eigenvalue weighted by atomic mass is 10.2. The Bertz CT molecular complexity index is 1060. The van der Waals surface area contributed by atoms with Crippen molar-refractivity contribution in [2.24, 2.45) is 0 Å². The molecule has 8 heteroatoms. The van der Waals surface area contributed by atoms with Crippen LogP contribution in [0.25, 0.3) is 5.69 Å². The normalized spacial score (nSPS) is 19.3. The van der Waals surface area contributed by atoms with Crippen LogP contribution in [0.15, 0.2) is 42.7 Å². The summed E-state index contributed by atoms with van der Waals surface area (Å²) in [4.78, 5) is 9.32. The van der Waals surface area contributed by atoms with Crippen LogP contribution in [0.5, 0.6) is 0 Å². The Morgan fingerprint density at radius 1 is 0.935 bits per heavy atom. The molecule has 162 valence electrons. The molecule has 2 fully saturated rings. The molecule has 31 heavy (non-hydrogen) atoms. The quantitative estimate of drug-likeness (QED) is 0.663. The number of aromatic nitrogens is 3. The van der Waals surface area contributed by atoms with Crippen LogP contribution in [-0.4, -0.2) is 51.9 Å². The standard InChI is InChI=1S/C23H26F2N6/c1-16-8-19(13-21(9-16)30-7-4-20(14-30)29-5-2-3-6-29)27-23-26-15-31(28-23)22-11-17(24)10-18(25)12-22/h8-13,15,20H,2-7,14H2,1H3,(H,27,28)/t20-/m0/s1. The van der Waals surface area contributed by atoms with Gasteiger partial charge in [0.15, 0.2) is 0 Å². The highest BCUT2D eigenvalue weighted by Gasteiger charge is 2.29. The third-order valence-corrected chi connectivity index (χ3v) is 6.11. The fourth-order valence-corrected chi connectivity index (χ4v) is 4.64. The van der Waals surface area contributed by atoms with Gasteiger partial charge in [-0.05, 0) is 75.2 Å². The van der Waals surface area contributed by atoms with Crippen LogP contribution in [0.1, 0.15) is 24.8 Å². The summed E-state index contributed by atoms with van der Waals surface area (Å²) < 4.78 is 28.4. The van der Waals surface area contributed by atoms with Crippen LogP contribution in [0.2, 0.25) is 0 Å². The van der Waals surface area contributed by atoms with Crippen molar-refractivity contribution < 1.29 is 8.78 Å². The van der Waals surface area contributed by atoms with Gasteiger partial charge in [0.2, 0.25) is 5.95 Å². The van der Waals surface area contributed by atoms with Gasteiger partial charge >= 0.3 is 0 Å². The second-order valence-electron chi connectivity index (χ2n) is 8.45. The SMILES string of the molecule is Cc1cc(Nc2ncn(-c3cc(F)cc(F)c3)n2)cc(N2CC[C@H](N3CCCC3)C2)c1. The fourth-order valence-electron chi connectivity index (χ4n) is 4.64. The van der Waals surface area contributed by atoms with E-state index in [4.69, 9.17) is 0 Å². The van der Waals surface area contributed by atoms with E-state index in [9.17, 15) is 8.78 Å². The monoisotopic (exact) mass is 424 g/mol. The summed E-state index contributed by atoms with van der Waals surface area (Å²) >= 11 is 0. The summed E-state index contributed by atoms with van der Waals surface area (Å²) in [6.45, 7) is 6.64. The van der Waals surface area contributed by atoms with E-state index in [-0.39, 0.29) is 5.69 Å². The molecule has 0 bridgehead atoms. The predicted octanol–water partition coefficient (Wildman–Crippen LogP) is 4.27. The maximum atomic E-state index is 13.5. The molecule has 0 radical (unpaired) electrons. The summed E-state index contributed by atoms with van der Waals surface area (Å²) in [5, 5.41) is 7.55. The smallest absolute Gasteiger partial charge is 0.246 e. The van der Waals surface area contributed by atoms with Gasteiger partial charge in [-0.25, -0.2) is 13.5 Å². The zero-order valence-electron chi connectivity index (χ0n) is 17.6. The first-order valence-electron chi connectivity index (χ1n) is 10.8. The second kappa shape index (κ2) is 8.26. The molecule has 0 unspecified atom stereocenters. The number of anilines is 3. The van der Waals surface area contributed by atoms with Crippen LogP contribution >= 0.6 is 0 Å². The molecule has 6 nitrogen and oxygen atoms in total.